The van der Waals surface area contributed by atoms with E-state index in [1.165, 1.54) is 17.2 Å². The summed E-state index contributed by atoms with van der Waals surface area (Å²) in [5.41, 5.74) is 1.23. The van der Waals surface area contributed by atoms with Crippen LogP contribution in [0.2, 0.25) is 0 Å². The van der Waals surface area contributed by atoms with Crippen molar-refractivity contribution in [1.29, 1.82) is 16.2 Å². The zero-order valence-electron chi connectivity index (χ0n) is 17.4. The second kappa shape index (κ2) is 8.05. The van der Waals surface area contributed by atoms with Crippen molar-refractivity contribution in [2.24, 2.45) is 0 Å². The molecule has 2 heterocycles. The maximum atomic E-state index is 14.5. The summed E-state index contributed by atoms with van der Waals surface area (Å²) in [4.78, 5) is 10.2. The highest BCUT2D eigenvalue weighted by molar-refractivity contribution is 6.11. The summed E-state index contributed by atoms with van der Waals surface area (Å²) in [5.74, 6) is -1.20. The highest BCUT2D eigenvalue weighted by Gasteiger charge is 2.46. The minimum atomic E-state index is -0.939. The number of allylic oxidation sites excluding steroid dienone is 1. The maximum Gasteiger partial charge on any atom is 0.169 e. The molecule has 0 spiro atoms. The predicted octanol–water partition coefficient (Wildman–Crippen LogP) is 4.46. The van der Waals surface area contributed by atoms with Crippen LogP contribution < -0.4 is 0 Å². The lowest BCUT2D eigenvalue weighted by molar-refractivity contribution is 0.143. The Morgan fingerprint density at radius 1 is 1.26 bits per heavy atom. The maximum absolute atomic E-state index is 14.5. The Kier molecular flexibility index (Phi) is 5.43. The second-order valence-electron chi connectivity index (χ2n) is 7.79. The number of aromatic nitrogens is 2. The Morgan fingerprint density at radius 3 is 2.58 bits per heavy atom. The number of aromatic amines is 1. The van der Waals surface area contributed by atoms with Gasteiger partial charge in [-0.05, 0) is 43.9 Å². The van der Waals surface area contributed by atoms with E-state index in [4.69, 9.17) is 16.2 Å². The van der Waals surface area contributed by atoms with Crippen LogP contribution in [0.4, 0.5) is 8.78 Å². The Balaban J connectivity index is 1.72. The molecule has 0 amide bonds. The molecule has 1 saturated carbocycles. The quantitative estimate of drug-likeness (QED) is 0.420. The lowest BCUT2D eigenvalue weighted by Crippen LogP contribution is -2.63. The summed E-state index contributed by atoms with van der Waals surface area (Å²) in [6, 6.07) is 2.39. The van der Waals surface area contributed by atoms with Crippen LogP contribution in [0.3, 0.4) is 0 Å². The van der Waals surface area contributed by atoms with E-state index in [2.05, 4.69) is 9.97 Å². The number of hydrogen-bond donors (Lipinski definition) is 4. The summed E-state index contributed by atoms with van der Waals surface area (Å²) >= 11 is 0. The first-order valence-electron chi connectivity index (χ1n) is 10.3. The Hall–Kier alpha value is -3.36. The summed E-state index contributed by atoms with van der Waals surface area (Å²) in [6.45, 7) is 3.73. The van der Waals surface area contributed by atoms with Gasteiger partial charge in [0.25, 0.3) is 0 Å². The summed E-state index contributed by atoms with van der Waals surface area (Å²) < 4.78 is 28.9. The summed E-state index contributed by atoms with van der Waals surface area (Å²) in [6.07, 6.45) is 8.00. The average molecular weight is 425 g/mol. The molecule has 1 aliphatic carbocycles. The molecule has 4 rings (SSSR count). The fourth-order valence-electron chi connectivity index (χ4n) is 4.64. The molecule has 7 nitrogen and oxygen atoms in total. The third-order valence-corrected chi connectivity index (χ3v) is 6.29. The van der Waals surface area contributed by atoms with Gasteiger partial charge in [-0.15, -0.1) is 0 Å². The van der Waals surface area contributed by atoms with E-state index >= 15 is 0 Å². The number of hydrogen-bond acceptors (Lipinski definition) is 4. The van der Waals surface area contributed by atoms with Gasteiger partial charge in [-0.25, -0.2) is 13.8 Å². The first-order chi connectivity index (χ1) is 14.9. The third-order valence-electron chi connectivity index (χ3n) is 6.29. The molecule has 1 aromatic carbocycles. The normalized spacial score (nSPS) is 25.2. The molecule has 3 atom stereocenters. The van der Waals surface area contributed by atoms with Crippen LogP contribution in [0.1, 0.15) is 44.6 Å². The molecule has 2 aliphatic rings. The Labute approximate surface area is 179 Å². The van der Waals surface area contributed by atoms with Gasteiger partial charge in [-0.3, -0.25) is 21.1 Å². The van der Waals surface area contributed by atoms with Gasteiger partial charge in [-0.1, -0.05) is 13.0 Å². The van der Waals surface area contributed by atoms with E-state index < -0.39 is 11.6 Å². The minimum Gasteiger partial charge on any atom is -0.345 e. The van der Waals surface area contributed by atoms with Gasteiger partial charge in [0.1, 0.15) is 17.5 Å². The molecule has 3 unspecified atom stereocenters. The molecule has 2 fully saturated rings. The van der Waals surface area contributed by atoms with Crippen molar-refractivity contribution in [3.63, 3.8) is 0 Å². The highest BCUT2D eigenvalue weighted by atomic mass is 19.2. The lowest BCUT2D eigenvalue weighted by Gasteiger charge is -2.53. The average Bonchev–Trinajstić information content (AvgIpc) is 3.26. The zero-order chi connectivity index (χ0) is 22.3. The van der Waals surface area contributed by atoms with Gasteiger partial charge in [0, 0.05) is 24.4 Å². The molecule has 1 aliphatic heterocycles. The molecule has 9 heteroatoms. The van der Waals surface area contributed by atoms with Crippen LogP contribution in [0.15, 0.2) is 36.3 Å². The predicted molar refractivity (Wildman–Crippen MR) is 115 cm³/mol. The van der Waals surface area contributed by atoms with E-state index in [-0.39, 0.29) is 41.1 Å². The van der Waals surface area contributed by atoms with Crippen molar-refractivity contribution in [1.82, 2.24) is 19.8 Å². The Morgan fingerprint density at radius 2 is 2.03 bits per heavy atom. The van der Waals surface area contributed by atoms with Gasteiger partial charge in [-0.2, -0.15) is 0 Å². The van der Waals surface area contributed by atoms with Gasteiger partial charge < -0.3 is 9.88 Å². The van der Waals surface area contributed by atoms with Gasteiger partial charge in [0.05, 0.1) is 23.6 Å². The van der Waals surface area contributed by atoms with Gasteiger partial charge >= 0.3 is 0 Å². The first kappa shape index (κ1) is 20.9. The SMILES string of the molecule is C/C=C1\C(=N)N(C2CCC2c2cc(F)c(F)c(-c3ncc[nH]3)c2)C(CC)C(=N)N1C=N. The topological polar surface area (TPSA) is 107 Å². The van der Waals surface area contributed by atoms with Crippen LogP contribution in [-0.4, -0.2) is 49.9 Å². The molecule has 2 aromatic rings. The number of H-pyrrole nitrogens is 1. The minimum absolute atomic E-state index is 0.0864. The highest BCUT2D eigenvalue weighted by Crippen LogP contribution is 2.44. The van der Waals surface area contributed by atoms with Gasteiger partial charge in [0.2, 0.25) is 0 Å². The van der Waals surface area contributed by atoms with E-state index in [9.17, 15) is 8.78 Å². The first-order valence-corrected chi connectivity index (χ1v) is 10.3. The number of nitrogens with one attached hydrogen (secondary N) is 4. The van der Waals surface area contributed by atoms with Crippen molar-refractivity contribution < 1.29 is 8.78 Å². The fourth-order valence-corrected chi connectivity index (χ4v) is 4.64. The number of nitrogens with zero attached hydrogens (tertiary/aromatic N) is 3. The molecular weight excluding hydrogens is 400 g/mol. The third kappa shape index (κ3) is 3.24. The number of imidazole rings is 1. The fraction of sp³-hybridized carbons (Fsp3) is 0.364. The molecule has 31 heavy (non-hydrogen) atoms. The van der Waals surface area contributed by atoms with Crippen molar-refractivity contribution >= 4 is 18.0 Å². The van der Waals surface area contributed by atoms with Gasteiger partial charge in [0.15, 0.2) is 11.6 Å². The van der Waals surface area contributed by atoms with E-state index in [1.807, 2.05) is 11.8 Å². The number of piperazine rings is 1. The molecule has 1 aromatic heterocycles. The Bertz CT molecular complexity index is 1060. The second-order valence-corrected chi connectivity index (χ2v) is 7.79. The lowest BCUT2D eigenvalue weighted by atomic mass is 9.72. The van der Waals surface area contributed by atoms with Crippen molar-refractivity contribution in [2.75, 3.05) is 0 Å². The summed E-state index contributed by atoms with van der Waals surface area (Å²) in [5, 5.41) is 25.0. The molecule has 1 saturated heterocycles. The molecular formula is C22H25F2N7. The van der Waals surface area contributed by atoms with Crippen molar-refractivity contribution in [3.8, 4) is 11.4 Å². The summed E-state index contributed by atoms with van der Waals surface area (Å²) in [7, 11) is 0. The zero-order valence-corrected chi connectivity index (χ0v) is 17.4. The van der Waals surface area contributed by atoms with Crippen LogP contribution >= 0.6 is 0 Å². The van der Waals surface area contributed by atoms with E-state index in [1.54, 1.807) is 25.3 Å². The van der Waals surface area contributed by atoms with Crippen molar-refractivity contribution in [2.45, 2.75) is 51.1 Å². The molecule has 0 radical (unpaired) electrons. The smallest absolute Gasteiger partial charge is 0.169 e. The number of benzene rings is 1. The van der Waals surface area contributed by atoms with Crippen LogP contribution in [0.5, 0.6) is 0 Å². The molecule has 4 N–H and O–H groups in total. The van der Waals surface area contributed by atoms with Crippen LogP contribution in [0, 0.1) is 27.9 Å². The van der Waals surface area contributed by atoms with Crippen LogP contribution in [0.25, 0.3) is 11.4 Å². The number of amidine groups is 2. The standard InChI is InChI=1S/C22H25F2N7/c1-3-16-21(27)31(17(4-2)20(26)30(16)11-25)18-6-5-13(18)12-9-14(19(24)15(23)10-12)22-28-7-8-29-22/h3,7-11,13,17-18,25-27H,4-6H2,1-2H3,(H,28,29)/b16-3+,25-11?,26-20?,27-21?. The van der Waals surface area contributed by atoms with Crippen LogP contribution in [-0.2, 0) is 0 Å². The van der Waals surface area contributed by atoms with E-state index in [0.717, 1.165) is 19.2 Å². The van der Waals surface area contributed by atoms with E-state index in [0.29, 0.717) is 17.7 Å². The molecule has 0 bridgehead atoms. The molecule has 162 valence electrons. The number of halogens is 2. The van der Waals surface area contributed by atoms with Crippen molar-refractivity contribution in [3.05, 3.63) is 53.5 Å². The largest absolute Gasteiger partial charge is 0.345 e. The monoisotopic (exact) mass is 425 g/mol. The number of rotatable bonds is 5.